The molecule has 0 aromatic carbocycles. The van der Waals surface area contributed by atoms with E-state index in [1.165, 1.54) is 13.8 Å². The van der Waals surface area contributed by atoms with Crippen LogP contribution >= 0.6 is 0 Å². The Morgan fingerprint density at radius 1 is 0.809 bits per heavy atom. The van der Waals surface area contributed by atoms with E-state index >= 15 is 4.39 Å². The van der Waals surface area contributed by atoms with Gasteiger partial charge >= 0.3 is 24.0 Å². The van der Waals surface area contributed by atoms with Gasteiger partial charge in [0.25, 0.3) is 0 Å². The molecular formula is C33H55F8NO5. The summed E-state index contributed by atoms with van der Waals surface area (Å²) in [5.74, 6) is -18.1. The van der Waals surface area contributed by atoms with Crippen molar-refractivity contribution in [3.05, 3.63) is 0 Å². The van der Waals surface area contributed by atoms with Crippen LogP contribution in [0, 0.1) is 50.7 Å². The Morgan fingerprint density at radius 3 is 1.62 bits per heavy atom. The summed E-state index contributed by atoms with van der Waals surface area (Å²) in [6, 6.07) is 1.98. The summed E-state index contributed by atoms with van der Waals surface area (Å²) in [5.41, 5.74) is -4.12. The average Bonchev–Trinajstić information content (AvgIpc) is 2.91. The molecule has 0 aliphatic heterocycles. The fraction of sp³-hybridized carbons (Fsp3) is 0.939. The number of halogens is 8. The van der Waals surface area contributed by atoms with E-state index in [2.05, 4.69) is 0 Å². The number of carbonyl (C=O) groups excluding carboxylic acids is 1. The van der Waals surface area contributed by atoms with Crippen LogP contribution in [0.5, 0.6) is 0 Å². The molecule has 0 heterocycles. The van der Waals surface area contributed by atoms with Crippen LogP contribution in [0.15, 0.2) is 0 Å². The lowest BCUT2D eigenvalue weighted by atomic mass is 9.54. The normalized spacial score (nSPS) is 19.0. The minimum absolute atomic E-state index is 0.0165. The predicted octanol–water partition coefficient (Wildman–Crippen LogP) is 8.80. The largest absolute Gasteiger partial charge is 0.460 e. The van der Waals surface area contributed by atoms with E-state index in [9.17, 15) is 45.9 Å². The number of nitriles is 1. The molecule has 278 valence electrons. The van der Waals surface area contributed by atoms with Crippen LogP contribution in [0.25, 0.3) is 0 Å². The monoisotopic (exact) mass is 697 g/mol. The van der Waals surface area contributed by atoms with Crippen molar-refractivity contribution in [2.45, 2.75) is 145 Å². The summed E-state index contributed by atoms with van der Waals surface area (Å²) >= 11 is 0. The van der Waals surface area contributed by atoms with E-state index < -0.39 is 94.0 Å². The van der Waals surface area contributed by atoms with E-state index in [1.807, 2.05) is 26.8 Å². The second-order valence-corrected chi connectivity index (χ2v) is 15.7. The Morgan fingerprint density at radius 2 is 1.26 bits per heavy atom. The molecule has 14 heteroatoms. The molecule has 0 aliphatic rings. The van der Waals surface area contributed by atoms with Gasteiger partial charge in [-0.25, -0.2) is 9.18 Å². The third-order valence-corrected chi connectivity index (χ3v) is 10.5. The predicted molar refractivity (Wildman–Crippen MR) is 161 cm³/mol. The third kappa shape index (κ3) is 9.30. The Balaban J connectivity index is 6.98. The molecule has 0 aliphatic carbocycles. The van der Waals surface area contributed by atoms with Gasteiger partial charge in [-0.2, -0.15) is 36.0 Å². The lowest BCUT2D eigenvalue weighted by Gasteiger charge is -2.56. The van der Waals surface area contributed by atoms with Crippen molar-refractivity contribution in [2.75, 3.05) is 13.7 Å². The van der Waals surface area contributed by atoms with Crippen LogP contribution in [-0.4, -0.2) is 73.4 Å². The molecule has 0 spiro atoms. The van der Waals surface area contributed by atoms with Crippen LogP contribution in [-0.2, 0) is 19.0 Å². The number of alkyl halides is 8. The molecule has 0 aromatic heterocycles. The van der Waals surface area contributed by atoms with Crippen molar-refractivity contribution in [3.63, 3.8) is 0 Å². The van der Waals surface area contributed by atoms with E-state index in [4.69, 9.17) is 14.2 Å². The summed E-state index contributed by atoms with van der Waals surface area (Å²) < 4.78 is 127. The van der Waals surface area contributed by atoms with Gasteiger partial charge in [-0.15, -0.1) is 0 Å². The molecule has 0 bridgehead atoms. The van der Waals surface area contributed by atoms with E-state index in [0.29, 0.717) is 0 Å². The maximum Gasteiger partial charge on any atom is 0.460 e. The summed E-state index contributed by atoms with van der Waals surface area (Å²) in [6.07, 6.45) is -13.7. The Kier molecular flexibility index (Phi) is 14.9. The van der Waals surface area contributed by atoms with Crippen molar-refractivity contribution in [1.29, 1.82) is 5.26 Å². The molecular weight excluding hydrogens is 642 g/mol. The van der Waals surface area contributed by atoms with Crippen LogP contribution in [0.4, 0.5) is 35.1 Å². The smallest absolute Gasteiger partial charge is 0.455 e. The molecule has 0 fully saturated rings. The molecule has 7 unspecified atom stereocenters. The fourth-order valence-corrected chi connectivity index (χ4v) is 5.84. The highest BCUT2D eigenvalue weighted by molar-refractivity contribution is 5.79. The average molecular weight is 698 g/mol. The van der Waals surface area contributed by atoms with Crippen molar-refractivity contribution >= 4 is 5.97 Å². The first-order valence-electron chi connectivity index (χ1n) is 15.6. The lowest BCUT2D eigenvalue weighted by molar-refractivity contribution is -0.350. The van der Waals surface area contributed by atoms with E-state index in [0.717, 1.165) is 7.11 Å². The van der Waals surface area contributed by atoms with E-state index in [1.54, 1.807) is 55.4 Å². The topological polar surface area (TPSA) is 88.8 Å². The Labute approximate surface area is 274 Å². The number of rotatable bonds is 17. The Hall–Kier alpha value is -1.72. The van der Waals surface area contributed by atoms with E-state index in [-0.39, 0.29) is 13.0 Å². The zero-order valence-corrected chi connectivity index (χ0v) is 30.1. The number of esters is 1. The third-order valence-electron chi connectivity index (χ3n) is 10.5. The van der Waals surface area contributed by atoms with Gasteiger partial charge in [0.05, 0.1) is 37.4 Å². The SMILES string of the molecule is COC(C(OC(=O)C(F)(F)C(F)(F)C(F)(F)F)C(C)C)C(C)(C)C(C)(C)C(OCCC#N)C(C)C(C)(C)C(C)C(O)C(F)C(C)(C)C. The molecule has 0 radical (unpaired) electrons. The molecule has 6 nitrogen and oxygen atoms in total. The van der Waals surface area contributed by atoms with Crippen molar-refractivity contribution in [1.82, 2.24) is 0 Å². The molecule has 0 aromatic rings. The highest BCUT2D eigenvalue weighted by Crippen LogP contribution is 2.54. The minimum atomic E-state index is -6.73. The molecule has 7 atom stereocenters. The van der Waals surface area contributed by atoms with Gasteiger partial charge in [0, 0.05) is 12.5 Å². The standard InChI is InChI=1S/C33H55F8NO5/c1-18(2)22(47-26(44)31(35,36)32(37,38)33(39,40)41)25(45-14)30(12,13)29(10,11)24(46-17-15-16-42)20(4)28(8,9)19(3)21(43)23(34)27(5,6)7/h18-25,43H,15,17H2,1-14H3. The van der Waals surface area contributed by atoms with Gasteiger partial charge in [-0.1, -0.05) is 90.0 Å². The summed E-state index contributed by atoms with van der Waals surface area (Å²) in [6.45, 7) is 21.5. The number of aliphatic hydroxyl groups excluding tert-OH is 1. The van der Waals surface area contributed by atoms with Crippen molar-refractivity contribution in [2.24, 2.45) is 39.4 Å². The second kappa shape index (κ2) is 15.4. The highest BCUT2D eigenvalue weighted by atomic mass is 19.4. The molecule has 47 heavy (non-hydrogen) atoms. The van der Waals surface area contributed by atoms with Gasteiger partial charge in [-0.3, -0.25) is 0 Å². The molecule has 0 saturated carbocycles. The number of hydrogen-bond acceptors (Lipinski definition) is 6. The highest BCUT2D eigenvalue weighted by Gasteiger charge is 2.77. The summed E-state index contributed by atoms with van der Waals surface area (Å²) in [7, 11) is 1.15. The second-order valence-electron chi connectivity index (χ2n) is 15.7. The zero-order chi connectivity index (χ0) is 37.9. The van der Waals surface area contributed by atoms with Crippen LogP contribution in [0.2, 0.25) is 0 Å². The summed E-state index contributed by atoms with van der Waals surface area (Å²) in [4.78, 5) is 12.4. The van der Waals surface area contributed by atoms with Crippen LogP contribution in [0.3, 0.4) is 0 Å². The van der Waals surface area contributed by atoms with Crippen LogP contribution in [0.1, 0.15) is 96.4 Å². The Bertz CT molecular complexity index is 1060. The van der Waals surface area contributed by atoms with Gasteiger partial charge in [0.1, 0.15) is 12.3 Å². The van der Waals surface area contributed by atoms with Gasteiger partial charge < -0.3 is 19.3 Å². The maximum atomic E-state index is 15.3. The van der Waals surface area contributed by atoms with Gasteiger partial charge in [0.2, 0.25) is 0 Å². The number of carbonyl (C=O) groups is 1. The number of hydrogen-bond donors (Lipinski definition) is 1. The first kappa shape index (κ1) is 45.3. The molecule has 0 saturated heterocycles. The van der Waals surface area contributed by atoms with Crippen LogP contribution < -0.4 is 0 Å². The van der Waals surface area contributed by atoms with Crippen molar-refractivity contribution in [3.8, 4) is 6.07 Å². The van der Waals surface area contributed by atoms with Crippen molar-refractivity contribution < 1.29 is 59.2 Å². The first-order valence-corrected chi connectivity index (χ1v) is 15.6. The quantitative estimate of drug-likeness (QED) is 0.0929. The maximum absolute atomic E-state index is 15.3. The molecule has 1 N–H and O–H groups in total. The minimum Gasteiger partial charge on any atom is -0.455 e. The first-order chi connectivity index (χ1) is 20.7. The lowest BCUT2D eigenvalue weighted by Crippen LogP contribution is -2.61. The summed E-state index contributed by atoms with van der Waals surface area (Å²) in [5, 5.41) is 20.3. The van der Waals surface area contributed by atoms with Gasteiger partial charge in [-0.05, 0) is 34.0 Å². The molecule has 0 amide bonds. The molecule has 0 rings (SSSR count). The number of nitrogens with zero attached hydrogens (tertiary/aromatic N) is 1. The fourth-order valence-electron chi connectivity index (χ4n) is 5.84. The van der Waals surface area contributed by atoms with Gasteiger partial charge in [0.15, 0.2) is 0 Å². The number of aliphatic hydroxyl groups is 1. The number of methoxy groups -OCH3 is 1. The number of ether oxygens (including phenoxy) is 3. The zero-order valence-electron chi connectivity index (χ0n) is 30.1.